The molecule has 0 saturated heterocycles. The van der Waals surface area contributed by atoms with Crippen LogP contribution in [0.25, 0.3) is 0 Å². The fourth-order valence-corrected chi connectivity index (χ4v) is 1.68. The minimum atomic E-state index is -0.487. The lowest BCUT2D eigenvalue weighted by Gasteiger charge is -2.21. The zero-order chi connectivity index (χ0) is 14.8. The van der Waals surface area contributed by atoms with Crippen LogP contribution in [0.3, 0.4) is 0 Å². The van der Waals surface area contributed by atoms with Crippen LogP contribution in [-0.4, -0.2) is 22.5 Å². The van der Waals surface area contributed by atoms with Gasteiger partial charge in [0.15, 0.2) is 5.78 Å². The Balaban J connectivity index is 3.02. The topological polar surface area (TPSA) is 78.4 Å². The molecule has 0 atom stereocenters. The SMILES string of the molecule is CC(=O)c1cc(Cl)cc(NC(=O)NC(C)(C)C)c1O. The number of ketones is 1. The van der Waals surface area contributed by atoms with Gasteiger partial charge in [-0.05, 0) is 39.8 Å². The zero-order valence-corrected chi connectivity index (χ0v) is 12.1. The number of phenolic OH excluding ortho intramolecular Hbond substituents is 1. The molecule has 0 aliphatic heterocycles. The summed E-state index contributed by atoms with van der Waals surface area (Å²) in [7, 11) is 0. The minimum absolute atomic E-state index is 0.0681. The summed E-state index contributed by atoms with van der Waals surface area (Å²) < 4.78 is 0. The van der Waals surface area contributed by atoms with E-state index in [0.717, 1.165) is 0 Å². The number of nitrogens with one attached hydrogen (secondary N) is 2. The lowest BCUT2D eigenvalue weighted by Crippen LogP contribution is -2.43. The van der Waals surface area contributed by atoms with E-state index in [9.17, 15) is 14.7 Å². The van der Waals surface area contributed by atoms with E-state index in [-0.39, 0.29) is 27.8 Å². The molecule has 1 aromatic carbocycles. The lowest BCUT2D eigenvalue weighted by atomic mass is 10.1. The molecule has 3 N–H and O–H groups in total. The van der Waals surface area contributed by atoms with Crippen molar-refractivity contribution in [2.45, 2.75) is 33.2 Å². The van der Waals surface area contributed by atoms with Gasteiger partial charge >= 0.3 is 6.03 Å². The molecule has 0 radical (unpaired) electrons. The number of halogens is 1. The maximum Gasteiger partial charge on any atom is 0.319 e. The second-order valence-electron chi connectivity index (χ2n) is 5.23. The number of anilines is 1. The van der Waals surface area contributed by atoms with Crippen LogP contribution in [0.1, 0.15) is 38.1 Å². The van der Waals surface area contributed by atoms with Crippen LogP contribution in [0.15, 0.2) is 12.1 Å². The molecule has 19 heavy (non-hydrogen) atoms. The Bertz CT molecular complexity index is 521. The summed E-state index contributed by atoms with van der Waals surface area (Å²) in [5.74, 6) is -0.625. The van der Waals surface area contributed by atoms with E-state index < -0.39 is 11.6 Å². The van der Waals surface area contributed by atoms with Crippen molar-refractivity contribution in [2.24, 2.45) is 0 Å². The summed E-state index contributed by atoms with van der Waals surface area (Å²) in [5, 5.41) is 15.3. The average molecular weight is 285 g/mol. The number of hydrogen-bond donors (Lipinski definition) is 3. The van der Waals surface area contributed by atoms with Gasteiger partial charge < -0.3 is 15.7 Å². The molecule has 0 spiro atoms. The van der Waals surface area contributed by atoms with E-state index >= 15 is 0 Å². The van der Waals surface area contributed by atoms with Gasteiger partial charge in [-0.1, -0.05) is 11.6 Å². The summed E-state index contributed by atoms with van der Waals surface area (Å²) in [6.07, 6.45) is 0. The molecule has 0 aromatic heterocycles. The molecule has 0 aliphatic carbocycles. The fraction of sp³-hybridized carbons (Fsp3) is 0.385. The molecule has 5 nitrogen and oxygen atoms in total. The van der Waals surface area contributed by atoms with Gasteiger partial charge in [-0.25, -0.2) is 4.79 Å². The predicted octanol–water partition coefficient (Wildman–Crippen LogP) is 3.17. The highest BCUT2D eigenvalue weighted by atomic mass is 35.5. The minimum Gasteiger partial charge on any atom is -0.505 e. The van der Waals surface area contributed by atoms with Crippen LogP contribution in [0.5, 0.6) is 5.75 Å². The number of aromatic hydroxyl groups is 1. The Labute approximate surface area is 117 Å². The Morgan fingerprint density at radius 3 is 2.32 bits per heavy atom. The summed E-state index contributed by atoms with van der Waals surface area (Å²) in [6.45, 7) is 6.78. The summed E-state index contributed by atoms with van der Waals surface area (Å²) in [5.41, 5.74) is -0.250. The molecule has 0 saturated carbocycles. The molecule has 0 heterocycles. The number of Topliss-reactive ketones (excluding diaryl/α,β-unsaturated/α-hetero) is 1. The Morgan fingerprint density at radius 2 is 1.84 bits per heavy atom. The molecule has 104 valence electrons. The van der Waals surface area contributed by atoms with Crippen LogP contribution in [0, 0.1) is 0 Å². The molecular formula is C13H17ClN2O3. The maximum absolute atomic E-state index is 11.7. The summed E-state index contributed by atoms with van der Waals surface area (Å²) >= 11 is 5.85. The first-order valence-electron chi connectivity index (χ1n) is 5.73. The lowest BCUT2D eigenvalue weighted by molar-refractivity contribution is 0.101. The summed E-state index contributed by atoms with van der Waals surface area (Å²) in [4.78, 5) is 23.0. The fourth-order valence-electron chi connectivity index (χ4n) is 1.46. The van der Waals surface area contributed by atoms with Gasteiger partial charge in [0.2, 0.25) is 0 Å². The number of phenols is 1. The number of rotatable bonds is 2. The maximum atomic E-state index is 11.7. The zero-order valence-electron chi connectivity index (χ0n) is 11.3. The predicted molar refractivity (Wildman–Crippen MR) is 75.0 cm³/mol. The van der Waals surface area contributed by atoms with Crippen LogP contribution in [-0.2, 0) is 0 Å². The smallest absolute Gasteiger partial charge is 0.319 e. The molecule has 0 unspecified atom stereocenters. The second-order valence-corrected chi connectivity index (χ2v) is 5.67. The van der Waals surface area contributed by atoms with Gasteiger partial charge in [0.1, 0.15) is 5.75 Å². The third-order valence-corrected chi connectivity index (χ3v) is 2.41. The third-order valence-electron chi connectivity index (χ3n) is 2.19. The van der Waals surface area contributed by atoms with Crippen LogP contribution in [0.4, 0.5) is 10.5 Å². The number of carbonyl (C=O) groups excluding carboxylic acids is 2. The number of urea groups is 1. The molecule has 0 fully saturated rings. The Kier molecular flexibility index (Phi) is 4.42. The van der Waals surface area contributed by atoms with Gasteiger partial charge in [0, 0.05) is 10.6 Å². The van der Waals surface area contributed by atoms with E-state index in [2.05, 4.69) is 10.6 Å². The van der Waals surface area contributed by atoms with Gasteiger partial charge in [0.25, 0.3) is 0 Å². The normalized spacial score (nSPS) is 11.0. The van der Waals surface area contributed by atoms with Crippen molar-refractivity contribution in [3.63, 3.8) is 0 Å². The van der Waals surface area contributed by atoms with Crippen molar-refractivity contribution in [3.05, 3.63) is 22.7 Å². The van der Waals surface area contributed by atoms with Gasteiger partial charge in [-0.3, -0.25) is 4.79 Å². The molecule has 1 rings (SSSR count). The van der Waals surface area contributed by atoms with Crippen molar-refractivity contribution in [2.75, 3.05) is 5.32 Å². The molecule has 1 aromatic rings. The Hall–Kier alpha value is -1.75. The van der Waals surface area contributed by atoms with Crippen molar-refractivity contribution in [1.29, 1.82) is 0 Å². The van der Waals surface area contributed by atoms with Crippen LogP contribution >= 0.6 is 11.6 Å². The highest BCUT2D eigenvalue weighted by Crippen LogP contribution is 2.31. The monoisotopic (exact) mass is 284 g/mol. The highest BCUT2D eigenvalue weighted by Gasteiger charge is 2.17. The first kappa shape index (κ1) is 15.3. The van der Waals surface area contributed by atoms with Crippen LogP contribution < -0.4 is 10.6 Å². The third kappa shape index (κ3) is 4.44. The molecule has 6 heteroatoms. The van der Waals surface area contributed by atoms with Gasteiger partial charge in [-0.15, -0.1) is 0 Å². The first-order valence-corrected chi connectivity index (χ1v) is 6.10. The van der Waals surface area contributed by atoms with Crippen LogP contribution in [0.2, 0.25) is 5.02 Å². The number of amides is 2. The average Bonchev–Trinajstić information content (AvgIpc) is 2.19. The Morgan fingerprint density at radius 1 is 1.26 bits per heavy atom. The van der Waals surface area contributed by atoms with Gasteiger partial charge in [-0.2, -0.15) is 0 Å². The molecular weight excluding hydrogens is 268 g/mol. The molecule has 2 amide bonds. The van der Waals surface area contributed by atoms with E-state index in [0.29, 0.717) is 0 Å². The van der Waals surface area contributed by atoms with Gasteiger partial charge in [0.05, 0.1) is 11.3 Å². The first-order chi connectivity index (χ1) is 8.60. The van der Waals surface area contributed by atoms with Crippen molar-refractivity contribution < 1.29 is 14.7 Å². The van der Waals surface area contributed by atoms with E-state index in [1.54, 1.807) is 0 Å². The van der Waals surface area contributed by atoms with E-state index in [4.69, 9.17) is 11.6 Å². The quantitative estimate of drug-likeness (QED) is 0.576. The number of benzene rings is 1. The van der Waals surface area contributed by atoms with Crippen molar-refractivity contribution in [3.8, 4) is 5.75 Å². The van der Waals surface area contributed by atoms with E-state index in [1.807, 2.05) is 20.8 Å². The molecule has 0 bridgehead atoms. The second kappa shape index (κ2) is 5.48. The van der Waals surface area contributed by atoms with Crippen molar-refractivity contribution >= 4 is 29.1 Å². The van der Waals surface area contributed by atoms with Crippen molar-refractivity contribution in [1.82, 2.24) is 5.32 Å². The largest absolute Gasteiger partial charge is 0.505 e. The molecule has 0 aliphatic rings. The number of carbonyl (C=O) groups is 2. The highest BCUT2D eigenvalue weighted by molar-refractivity contribution is 6.31. The summed E-state index contributed by atoms with van der Waals surface area (Å²) in [6, 6.07) is 2.25. The van der Waals surface area contributed by atoms with E-state index in [1.165, 1.54) is 19.1 Å². The standard InChI is InChI=1S/C13H17ClN2O3/c1-7(17)9-5-8(14)6-10(11(9)18)15-12(19)16-13(2,3)4/h5-6,18H,1-4H3,(H2,15,16,19). The number of hydrogen-bond acceptors (Lipinski definition) is 3.